The van der Waals surface area contributed by atoms with Crippen molar-refractivity contribution in [3.63, 3.8) is 0 Å². The van der Waals surface area contributed by atoms with Gasteiger partial charge in [0, 0.05) is 30.9 Å². The number of carboxylic acids is 1. The SMILES string of the molecule is CCOC(C)C(=O)Nc1ccc(C(=O)N2CCC(C(=O)O)CC2)cc1. The maximum Gasteiger partial charge on any atom is 0.306 e. The van der Waals surface area contributed by atoms with E-state index in [1.807, 2.05) is 6.92 Å². The molecule has 1 aliphatic heterocycles. The van der Waals surface area contributed by atoms with E-state index in [2.05, 4.69) is 5.32 Å². The van der Waals surface area contributed by atoms with Crippen LogP contribution >= 0.6 is 0 Å². The number of benzene rings is 1. The summed E-state index contributed by atoms with van der Waals surface area (Å²) >= 11 is 0. The fourth-order valence-electron chi connectivity index (χ4n) is 2.78. The molecule has 1 fully saturated rings. The Balaban J connectivity index is 1.92. The lowest BCUT2D eigenvalue weighted by Crippen LogP contribution is -2.40. The average molecular weight is 348 g/mol. The lowest BCUT2D eigenvalue weighted by Gasteiger charge is -2.30. The molecule has 1 saturated heterocycles. The number of nitrogens with zero attached hydrogens (tertiary/aromatic N) is 1. The highest BCUT2D eigenvalue weighted by atomic mass is 16.5. The summed E-state index contributed by atoms with van der Waals surface area (Å²) in [6.45, 7) is 4.85. The predicted molar refractivity (Wildman–Crippen MR) is 92.4 cm³/mol. The molecular weight excluding hydrogens is 324 g/mol. The summed E-state index contributed by atoms with van der Waals surface area (Å²) in [7, 11) is 0. The monoisotopic (exact) mass is 348 g/mol. The molecule has 136 valence electrons. The van der Waals surface area contributed by atoms with Gasteiger partial charge in [0.2, 0.25) is 0 Å². The summed E-state index contributed by atoms with van der Waals surface area (Å²) in [6, 6.07) is 6.67. The van der Waals surface area contributed by atoms with Gasteiger partial charge in [-0.2, -0.15) is 0 Å². The van der Waals surface area contributed by atoms with Gasteiger partial charge in [0.25, 0.3) is 11.8 Å². The second-order valence-electron chi connectivity index (χ2n) is 6.07. The molecule has 1 heterocycles. The van der Waals surface area contributed by atoms with Gasteiger partial charge in [-0.1, -0.05) is 0 Å². The topological polar surface area (TPSA) is 95.9 Å². The van der Waals surface area contributed by atoms with Gasteiger partial charge in [-0.15, -0.1) is 0 Å². The highest BCUT2D eigenvalue weighted by Gasteiger charge is 2.27. The molecule has 1 atom stereocenters. The highest BCUT2D eigenvalue weighted by Crippen LogP contribution is 2.20. The summed E-state index contributed by atoms with van der Waals surface area (Å²) in [4.78, 5) is 37.0. The van der Waals surface area contributed by atoms with Gasteiger partial charge >= 0.3 is 5.97 Å². The van der Waals surface area contributed by atoms with Crippen LogP contribution in [0.2, 0.25) is 0 Å². The number of likely N-dealkylation sites (tertiary alicyclic amines) is 1. The van der Waals surface area contributed by atoms with Crippen molar-refractivity contribution in [2.75, 3.05) is 25.0 Å². The Morgan fingerprint density at radius 3 is 2.36 bits per heavy atom. The first-order chi connectivity index (χ1) is 11.9. The zero-order valence-corrected chi connectivity index (χ0v) is 14.5. The fraction of sp³-hybridized carbons (Fsp3) is 0.500. The van der Waals surface area contributed by atoms with E-state index in [4.69, 9.17) is 9.84 Å². The first-order valence-corrected chi connectivity index (χ1v) is 8.47. The van der Waals surface area contributed by atoms with E-state index in [1.165, 1.54) is 0 Å². The van der Waals surface area contributed by atoms with Crippen LogP contribution in [0.15, 0.2) is 24.3 Å². The van der Waals surface area contributed by atoms with E-state index >= 15 is 0 Å². The summed E-state index contributed by atoms with van der Waals surface area (Å²) in [5, 5.41) is 11.7. The van der Waals surface area contributed by atoms with Crippen molar-refractivity contribution in [1.29, 1.82) is 0 Å². The molecule has 7 heteroatoms. The van der Waals surface area contributed by atoms with Gasteiger partial charge in [-0.05, 0) is 51.0 Å². The summed E-state index contributed by atoms with van der Waals surface area (Å²) in [6.07, 6.45) is 0.413. The Morgan fingerprint density at radius 2 is 1.84 bits per heavy atom. The molecule has 0 bridgehead atoms. The number of hydrogen-bond acceptors (Lipinski definition) is 4. The Morgan fingerprint density at radius 1 is 1.24 bits per heavy atom. The second-order valence-corrected chi connectivity index (χ2v) is 6.07. The smallest absolute Gasteiger partial charge is 0.306 e. The zero-order valence-electron chi connectivity index (χ0n) is 14.5. The van der Waals surface area contributed by atoms with Crippen LogP contribution in [0.1, 0.15) is 37.0 Å². The van der Waals surface area contributed by atoms with E-state index in [-0.39, 0.29) is 17.7 Å². The molecular formula is C18H24N2O5. The third kappa shape index (κ3) is 5.03. The molecule has 2 N–H and O–H groups in total. The Labute approximate surface area is 147 Å². The van der Waals surface area contributed by atoms with Crippen LogP contribution in [0.4, 0.5) is 5.69 Å². The molecule has 0 saturated carbocycles. The van der Waals surface area contributed by atoms with Gasteiger partial charge in [0.05, 0.1) is 5.92 Å². The van der Waals surface area contributed by atoms with Crippen molar-refractivity contribution < 1.29 is 24.2 Å². The maximum absolute atomic E-state index is 12.5. The van der Waals surface area contributed by atoms with Crippen LogP contribution < -0.4 is 5.32 Å². The van der Waals surface area contributed by atoms with E-state index in [1.54, 1.807) is 36.1 Å². The number of hydrogen-bond donors (Lipinski definition) is 2. The second kappa shape index (κ2) is 8.62. The Kier molecular flexibility index (Phi) is 6.52. The zero-order chi connectivity index (χ0) is 18.4. The number of aliphatic carboxylic acids is 1. The first-order valence-electron chi connectivity index (χ1n) is 8.47. The van der Waals surface area contributed by atoms with Crippen molar-refractivity contribution >= 4 is 23.5 Å². The van der Waals surface area contributed by atoms with Crippen molar-refractivity contribution in [2.45, 2.75) is 32.8 Å². The normalized spacial score (nSPS) is 16.3. The summed E-state index contributed by atoms with van der Waals surface area (Å²) < 4.78 is 5.23. The van der Waals surface area contributed by atoms with E-state index < -0.39 is 12.1 Å². The molecule has 1 aromatic rings. The largest absolute Gasteiger partial charge is 0.481 e. The van der Waals surface area contributed by atoms with Gasteiger partial charge in [0.1, 0.15) is 6.10 Å². The number of nitrogens with one attached hydrogen (secondary N) is 1. The van der Waals surface area contributed by atoms with Crippen molar-refractivity contribution in [3.8, 4) is 0 Å². The van der Waals surface area contributed by atoms with Crippen LogP contribution in [0, 0.1) is 5.92 Å². The van der Waals surface area contributed by atoms with Crippen LogP contribution in [-0.2, 0) is 14.3 Å². The molecule has 0 aliphatic carbocycles. The first kappa shape index (κ1) is 18.9. The standard InChI is InChI=1S/C18H24N2O5/c1-3-25-12(2)16(21)19-15-6-4-13(5-7-15)17(22)20-10-8-14(9-11-20)18(23)24/h4-7,12,14H,3,8-11H2,1-2H3,(H,19,21)(H,23,24). The minimum absolute atomic E-state index is 0.121. The molecule has 2 rings (SSSR count). The Bertz CT molecular complexity index is 621. The Hall–Kier alpha value is -2.41. The molecule has 1 aliphatic rings. The minimum Gasteiger partial charge on any atom is -0.481 e. The van der Waals surface area contributed by atoms with Crippen LogP contribution in [-0.4, -0.2) is 53.6 Å². The third-order valence-electron chi connectivity index (χ3n) is 4.32. The molecule has 25 heavy (non-hydrogen) atoms. The number of anilines is 1. The van der Waals surface area contributed by atoms with E-state index in [0.29, 0.717) is 43.8 Å². The molecule has 0 radical (unpaired) electrons. The maximum atomic E-state index is 12.5. The van der Waals surface area contributed by atoms with Gasteiger partial charge in [0.15, 0.2) is 0 Å². The minimum atomic E-state index is -0.798. The number of amides is 2. The predicted octanol–water partition coefficient (Wildman–Crippen LogP) is 1.99. The lowest BCUT2D eigenvalue weighted by molar-refractivity contribution is -0.143. The van der Waals surface area contributed by atoms with E-state index in [9.17, 15) is 14.4 Å². The number of ether oxygens (including phenoxy) is 1. The molecule has 0 aromatic heterocycles. The van der Waals surface area contributed by atoms with Crippen molar-refractivity contribution in [1.82, 2.24) is 4.90 Å². The number of carbonyl (C=O) groups is 3. The van der Waals surface area contributed by atoms with E-state index in [0.717, 1.165) is 0 Å². The summed E-state index contributed by atoms with van der Waals surface area (Å²) in [5.74, 6) is -1.52. The highest BCUT2D eigenvalue weighted by molar-refractivity contribution is 5.96. The van der Waals surface area contributed by atoms with Crippen LogP contribution in [0.25, 0.3) is 0 Å². The molecule has 2 amide bonds. The van der Waals surface area contributed by atoms with Gasteiger partial charge in [-0.25, -0.2) is 0 Å². The summed E-state index contributed by atoms with van der Waals surface area (Å²) in [5.41, 5.74) is 1.11. The molecule has 7 nitrogen and oxygen atoms in total. The molecule has 1 aromatic carbocycles. The molecule has 1 unspecified atom stereocenters. The number of rotatable bonds is 6. The fourth-order valence-corrected chi connectivity index (χ4v) is 2.78. The number of piperidine rings is 1. The molecule has 0 spiro atoms. The number of carbonyl (C=O) groups excluding carboxylic acids is 2. The lowest BCUT2D eigenvalue weighted by atomic mass is 9.96. The quantitative estimate of drug-likeness (QED) is 0.819. The van der Waals surface area contributed by atoms with Crippen LogP contribution in [0.5, 0.6) is 0 Å². The van der Waals surface area contributed by atoms with Gasteiger partial charge in [-0.3, -0.25) is 14.4 Å². The van der Waals surface area contributed by atoms with Crippen molar-refractivity contribution in [2.24, 2.45) is 5.92 Å². The van der Waals surface area contributed by atoms with Crippen LogP contribution in [0.3, 0.4) is 0 Å². The van der Waals surface area contributed by atoms with Gasteiger partial charge < -0.3 is 20.1 Å². The third-order valence-corrected chi connectivity index (χ3v) is 4.32. The van der Waals surface area contributed by atoms with Crippen molar-refractivity contribution in [3.05, 3.63) is 29.8 Å². The number of carboxylic acid groups (broad SMARTS) is 1. The average Bonchev–Trinajstić information content (AvgIpc) is 2.62.